The van der Waals surface area contributed by atoms with Crippen LogP contribution < -0.4 is 5.32 Å². The van der Waals surface area contributed by atoms with Gasteiger partial charge in [0.05, 0.1) is 0 Å². The third-order valence-electron chi connectivity index (χ3n) is 4.74. The largest absolute Gasteiger partial charge is 0.361 e. The maximum absolute atomic E-state index is 12.6. The molecule has 4 aromatic rings. The Hall–Kier alpha value is -3.66. The molecule has 138 valence electrons. The fourth-order valence-electron chi connectivity index (χ4n) is 3.30. The van der Waals surface area contributed by atoms with Gasteiger partial charge in [-0.25, -0.2) is 0 Å². The summed E-state index contributed by atoms with van der Waals surface area (Å²) < 4.78 is 0. The summed E-state index contributed by atoms with van der Waals surface area (Å²) in [5.41, 5.74) is 4.01. The van der Waals surface area contributed by atoms with Gasteiger partial charge in [-0.2, -0.15) is 0 Å². The SMILES string of the molecule is O=C(CCc1c[nH]c2ccccc12)Nc1cccc(C(=O)c2ccccc2)c1. The number of nitrogens with one attached hydrogen (secondary N) is 2. The smallest absolute Gasteiger partial charge is 0.224 e. The van der Waals surface area contributed by atoms with Gasteiger partial charge in [-0.3, -0.25) is 9.59 Å². The molecular weight excluding hydrogens is 348 g/mol. The minimum Gasteiger partial charge on any atom is -0.361 e. The van der Waals surface area contributed by atoms with Gasteiger partial charge >= 0.3 is 0 Å². The Balaban J connectivity index is 1.41. The second-order valence-electron chi connectivity index (χ2n) is 6.68. The number of amides is 1. The fourth-order valence-corrected chi connectivity index (χ4v) is 3.30. The molecule has 0 aliphatic carbocycles. The number of rotatable bonds is 6. The summed E-state index contributed by atoms with van der Waals surface area (Å²) in [4.78, 5) is 28.2. The molecule has 0 saturated heterocycles. The molecule has 1 aromatic heterocycles. The van der Waals surface area contributed by atoms with Crippen LogP contribution in [0.1, 0.15) is 27.9 Å². The topological polar surface area (TPSA) is 62.0 Å². The molecule has 28 heavy (non-hydrogen) atoms. The highest BCUT2D eigenvalue weighted by Gasteiger charge is 2.11. The van der Waals surface area contributed by atoms with Crippen molar-refractivity contribution in [2.45, 2.75) is 12.8 Å². The van der Waals surface area contributed by atoms with E-state index in [4.69, 9.17) is 0 Å². The van der Waals surface area contributed by atoms with E-state index in [0.29, 0.717) is 29.7 Å². The average Bonchev–Trinajstić information content (AvgIpc) is 3.16. The van der Waals surface area contributed by atoms with Crippen molar-refractivity contribution in [1.29, 1.82) is 0 Å². The van der Waals surface area contributed by atoms with Gasteiger partial charge in [0, 0.05) is 40.3 Å². The zero-order valence-electron chi connectivity index (χ0n) is 15.3. The van der Waals surface area contributed by atoms with E-state index in [9.17, 15) is 9.59 Å². The number of hydrogen-bond acceptors (Lipinski definition) is 2. The number of aryl methyl sites for hydroxylation is 1. The van der Waals surface area contributed by atoms with Crippen LogP contribution in [-0.2, 0) is 11.2 Å². The maximum atomic E-state index is 12.6. The lowest BCUT2D eigenvalue weighted by atomic mass is 10.0. The van der Waals surface area contributed by atoms with Gasteiger partial charge in [-0.1, -0.05) is 60.7 Å². The summed E-state index contributed by atoms with van der Waals surface area (Å²) in [5, 5.41) is 4.04. The molecule has 0 radical (unpaired) electrons. The van der Waals surface area contributed by atoms with Crippen molar-refractivity contribution in [3.05, 3.63) is 102 Å². The summed E-state index contributed by atoms with van der Waals surface area (Å²) in [5.74, 6) is -0.134. The van der Waals surface area contributed by atoms with E-state index in [1.54, 1.807) is 36.4 Å². The number of aromatic nitrogens is 1. The van der Waals surface area contributed by atoms with E-state index in [0.717, 1.165) is 16.5 Å². The number of hydrogen-bond donors (Lipinski definition) is 2. The fraction of sp³-hybridized carbons (Fsp3) is 0.0833. The molecule has 4 heteroatoms. The monoisotopic (exact) mass is 368 g/mol. The Morgan fingerprint density at radius 2 is 1.57 bits per heavy atom. The lowest BCUT2D eigenvalue weighted by Gasteiger charge is -2.07. The Kier molecular flexibility index (Phi) is 5.02. The molecular formula is C24H20N2O2. The van der Waals surface area contributed by atoms with E-state index >= 15 is 0 Å². The molecule has 1 heterocycles. The molecule has 4 nitrogen and oxygen atoms in total. The summed E-state index contributed by atoms with van der Waals surface area (Å²) in [6, 6.07) is 24.2. The molecule has 0 saturated carbocycles. The highest BCUT2D eigenvalue weighted by atomic mass is 16.1. The molecule has 0 unspecified atom stereocenters. The minimum absolute atomic E-state index is 0.0597. The highest BCUT2D eigenvalue weighted by Crippen LogP contribution is 2.20. The molecule has 4 rings (SSSR count). The van der Waals surface area contributed by atoms with Gasteiger partial charge in [-0.05, 0) is 30.2 Å². The first-order chi connectivity index (χ1) is 13.7. The van der Waals surface area contributed by atoms with Crippen LogP contribution >= 0.6 is 0 Å². The molecule has 0 aliphatic rings. The lowest BCUT2D eigenvalue weighted by Crippen LogP contribution is -2.13. The highest BCUT2D eigenvalue weighted by molar-refractivity contribution is 6.09. The first-order valence-electron chi connectivity index (χ1n) is 9.25. The number of anilines is 1. The second-order valence-corrected chi connectivity index (χ2v) is 6.68. The summed E-state index contributed by atoms with van der Waals surface area (Å²) >= 11 is 0. The quantitative estimate of drug-likeness (QED) is 0.472. The summed E-state index contributed by atoms with van der Waals surface area (Å²) in [6.07, 6.45) is 2.98. The average molecular weight is 368 g/mol. The van der Waals surface area contributed by atoms with Crippen molar-refractivity contribution in [1.82, 2.24) is 4.98 Å². The number of H-pyrrole nitrogens is 1. The van der Waals surface area contributed by atoms with E-state index in [1.165, 1.54) is 0 Å². The van der Waals surface area contributed by atoms with E-state index in [2.05, 4.69) is 16.4 Å². The van der Waals surface area contributed by atoms with Crippen molar-refractivity contribution in [2.24, 2.45) is 0 Å². The van der Waals surface area contributed by atoms with Crippen LogP contribution in [0.2, 0.25) is 0 Å². The van der Waals surface area contributed by atoms with E-state index in [-0.39, 0.29) is 11.7 Å². The van der Waals surface area contributed by atoms with Gasteiger partial charge in [0.25, 0.3) is 0 Å². The molecule has 3 aromatic carbocycles. The van der Waals surface area contributed by atoms with Crippen molar-refractivity contribution in [2.75, 3.05) is 5.32 Å². The molecule has 0 spiro atoms. The molecule has 2 N–H and O–H groups in total. The Labute approximate surface area is 163 Å². The first kappa shape index (κ1) is 17.7. The Morgan fingerprint density at radius 3 is 2.43 bits per heavy atom. The van der Waals surface area contributed by atoms with E-state index in [1.807, 2.05) is 42.6 Å². The van der Waals surface area contributed by atoms with Crippen LogP contribution in [0.5, 0.6) is 0 Å². The molecule has 0 fully saturated rings. The predicted molar refractivity (Wildman–Crippen MR) is 112 cm³/mol. The van der Waals surface area contributed by atoms with Gasteiger partial charge in [-0.15, -0.1) is 0 Å². The van der Waals surface area contributed by atoms with Gasteiger partial charge in [0.1, 0.15) is 0 Å². The number of aromatic amines is 1. The molecule has 0 atom stereocenters. The second kappa shape index (κ2) is 7.92. The van der Waals surface area contributed by atoms with E-state index < -0.39 is 0 Å². The number of ketones is 1. The number of fused-ring (bicyclic) bond motifs is 1. The van der Waals surface area contributed by atoms with Crippen LogP contribution in [0.3, 0.4) is 0 Å². The molecule has 0 aliphatic heterocycles. The van der Waals surface area contributed by atoms with Gasteiger partial charge in [0.2, 0.25) is 5.91 Å². The van der Waals surface area contributed by atoms with Gasteiger partial charge in [0.15, 0.2) is 5.78 Å². The van der Waals surface area contributed by atoms with Crippen LogP contribution in [0.4, 0.5) is 5.69 Å². The number of para-hydroxylation sites is 1. The van der Waals surface area contributed by atoms with Gasteiger partial charge < -0.3 is 10.3 Å². The zero-order valence-corrected chi connectivity index (χ0v) is 15.3. The summed E-state index contributed by atoms with van der Waals surface area (Å²) in [7, 11) is 0. The number of carbonyl (C=O) groups excluding carboxylic acids is 2. The van der Waals surface area contributed by atoms with Crippen molar-refractivity contribution >= 4 is 28.3 Å². The summed E-state index contributed by atoms with van der Waals surface area (Å²) in [6.45, 7) is 0. The number of carbonyl (C=O) groups is 2. The standard InChI is InChI=1S/C24H20N2O2/c27-23(14-13-19-16-25-22-12-5-4-11-21(19)22)26-20-10-6-9-18(15-20)24(28)17-7-2-1-3-8-17/h1-12,15-16,25H,13-14H2,(H,26,27). The van der Waals surface area contributed by atoms with Crippen LogP contribution in [0, 0.1) is 0 Å². The Morgan fingerprint density at radius 1 is 0.821 bits per heavy atom. The van der Waals surface area contributed by atoms with Crippen molar-refractivity contribution in [3.63, 3.8) is 0 Å². The predicted octanol–water partition coefficient (Wildman–Crippen LogP) is 4.97. The minimum atomic E-state index is -0.0745. The molecule has 1 amide bonds. The maximum Gasteiger partial charge on any atom is 0.224 e. The first-order valence-corrected chi connectivity index (χ1v) is 9.25. The van der Waals surface area contributed by atoms with Crippen LogP contribution in [0.25, 0.3) is 10.9 Å². The molecule has 0 bridgehead atoms. The zero-order chi connectivity index (χ0) is 19.3. The lowest BCUT2D eigenvalue weighted by molar-refractivity contribution is -0.116. The van der Waals surface area contributed by atoms with Crippen LogP contribution in [-0.4, -0.2) is 16.7 Å². The Bertz CT molecular complexity index is 1130. The van der Waals surface area contributed by atoms with Crippen molar-refractivity contribution < 1.29 is 9.59 Å². The normalized spacial score (nSPS) is 10.7. The number of benzene rings is 3. The third-order valence-corrected chi connectivity index (χ3v) is 4.74. The van der Waals surface area contributed by atoms with Crippen LogP contribution in [0.15, 0.2) is 85.1 Å². The van der Waals surface area contributed by atoms with Crippen molar-refractivity contribution in [3.8, 4) is 0 Å². The third kappa shape index (κ3) is 3.86.